The van der Waals surface area contributed by atoms with E-state index in [1.165, 1.54) is 99.4 Å². The van der Waals surface area contributed by atoms with Gasteiger partial charge in [0.05, 0.1) is 0 Å². The van der Waals surface area contributed by atoms with Crippen LogP contribution >= 0.6 is 0 Å². The van der Waals surface area contributed by atoms with E-state index in [2.05, 4.69) is 213 Å². The van der Waals surface area contributed by atoms with Crippen LogP contribution in [0.5, 0.6) is 0 Å². The lowest BCUT2D eigenvalue weighted by molar-refractivity contribution is 0.661. The molecule has 0 fully saturated rings. The second-order valence-electron chi connectivity index (χ2n) is 17.3. The number of anilines is 2. The summed E-state index contributed by atoms with van der Waals surface area (Å²) in [6.45, 7) is 4.70. The first-order valence-electron chi connectivity index (χ1n) is 21.8. The molecule has 298 valence electrons. The van der Waals surface area contributed by atoms with Crippen LogP contribution in [0.4, 0.5) is 11.4 Å². The van der Waals surface area contributed by atoms with Crippen LogP contribution in [0, 0.1) is 0 Å². The SMILES string of the molecule is CC1(C)c2cc(Nc3ccc(-c4ccc5c6c(cccc46)-c4ccccc4-5)cc3)ccc2-c2ccc(-c3ccccc3)cc21.c1ccc(-c2ccc3oc4ccccc4c3c2)cc1. The number of benzene rings is 10. The summed E-state index contributed by atoms with van der Waals surface area (Å²) in [6.07, 6.45) is 0. The second kappa shape index (κ2) is 14.6. The third kappa shape index (κ3) is 6.17. The molecule has 10 aromatic carbocycles. The summed E-state index contributed by atoms with van der Waals surface area (Å²) in [4.78, 5) is 0. The maximum Gasteiger partial charge on any atom is 0.135 e. The Kier molecular flexibility index (Phi) is 8.55. The molecule has 1 aromatic heterocycles. The standard InChI is InChI=1S/C43H31N.C18H12O/c1-43(2)40-25-29(27-9-4-3-5-10-27)17-21-35(40)36-22-20-31(26-41(36)43)44-30-18-15-28(16-19-30)32-23-24-39-34-12-7-6-11-33(34)38-14-8-13-37(32)42(38)39;1-2-6-13(7-3-1)14-10-11-18-16(12-14)15-8-4-5-9-17(15)19-18/h3-26,44H,1-2H3;1-12H. The van der Waals surface area contributed by atoms with Crippen LogP contribution in [-0.2, 0) is 5.41 Å². The van der Waals surface area contributed by atoms with Crippen LogP contribution in [0.15, 0.2) is 223 Å². The Hall–Kier alpha value is -7.94. The highest BCUT2D eigenvalue weighted by Crippen LogP contribution is 2.51. The molecule has 0 amide bonds. The largest absolute Gasteiger partial charge is 0.456 e. The molecule has 1 N–H and O–H groups in total. The predicted molar refractivity (Wildman–Crippen MR) is 266 cm³/mol. The fourth-order valence-electron chi connectivity index (χ4n) is 10.1. The molecule has 2 heteroatoms. The van der Waals surface area contributed by atoms with Crippen molar-refractivity contribution < 1.29 is 4.42 Å². The first-order chi connectivity index (χ1) is 31.0. The van der Waals surface area contributed by atoms with Gasteiger partial charge in [-0.3, -0.25) is 0 Å². The molecule has 2 aliphatic carbocycles. The smallest absolute Gasteiger partial charge is 0.135 e. The summed E-state index contributed by atoms with van der Waals surface area (Å²) in [5, 5.41) is 8.72. The second-order valence-corrected chi connectivity index (χ2v) is 17.3. The Labute approximate surface area is 367 Å². The van der Waals surface area contributed by atoms with Gasteiger partial charge in [0.1, 0.15) is 11.2 Å². The summed E-state index contributed by atoms with van der Waals surface area (Å²) in [5.41, 5.74) is 22.3. The van der Waals surface area contributed by atoms with Crippen molar-refractivity contribution in [3.05, 3.63) is 230 Å². The van der Waals surface area contributed by atoms with Gasteiger partial charge >= 0.3 is 0 Å². The number of rotatable bonds is 5. The summed E-state index contributed by atoms with van der Waals surface area (Å²) in [7, 11) is 0. The number of hydrogen-bond acceptors (Lipinski definition) is 2. The van der Waals surface area contributed by atoms with Gasteiger partial charge in [-0.25, -0.2) is 0 Å². The van der Waals surface area contributed by atoms with Gasteiger partial charge in [0.25, 0.3) is 0 Å². The number of furan rings is 1. The molecule has 11 aromatic rings. The van der Waals surface area contributed by atoms with Gasteiger partial charge in [-0.1, -0.05) is 184 Å². The van der Waals surface area contributed by atoms with Crippen molar-refractivity contribution in [3.8, 4) is 66.8 Å². The monoisotopic (exact) mass is 805 g/mol. The van der Waals surface area contributed by atoms with Gasteiger partial charge in [-0.15, -0.1) is 0 Å². The zero-order valence-corrected chi connectivity index (χ0v) is 35.2. The maximum absolute atomic E-state index is 5.84. The Morgan fingerprint density at radius 3 is 1.57 bits per heavy atom. The third-order valence-electron chi connectivity index (χ3n) is 13.3. The molecule has 0 bridgehead atoms. The van der Waals surface area contributed by atoms with Crippen molar-refractivity contribution in [1.29, 1.82) is 0 Å². The number of fused-ring (bicyclic) bond motifs is 9. The molecule has 0 radical (unpaired) electrons. The van der Waals surface area contributed by atoms with E-state index in [0.717, 1.165) is 22.5 Å². The fourth-order valence-corrected chi connectivity index (χ4v) is 10.1. The highest BCUT2D eigenvalue weighted by atomic mass is 16.3. The Morgan fingerprint density at radius 2 is 0.825 bits per heavy atom. The Bertz CT molecular complexity index is 3510. The van der Waals surface area contributed by atoms with Gasteiger partial charge in [-0.05, 0) is 137 Å². The maximum atomic E-state index is 5.84. The van der Waals surface area contributed by atoms with Crippen molar-refractivity contribution in [3.63, 3.8) is 0 Å². The van der Waals surface area contributed by atoms with Gasteiger partial charge in [0, 0.05) is 27.6 Å². The molecule has 2 nitrogen and oxygen atoms in total. The molecule has 0 saturated carbocycles. The van der Waals surface area contributed by atoms with Gasteiger partial charge in [-0.2, -0.15) is 0 Å². The minimum Gasteiger partial charge on any atom is -0.456 e. The van der Waals surface area contributed by atoms with E-state index in [4.69, 9.17) is 4.42 Å². The van der Waals surface area contributed by atoms with E-state index < -0.39 is 0 Å². The van der Waals surface area contributed by atoms with E-state index in [9.17, 15) is 0 Å². The molecule has 0 saturated heterocycles. The van der Waals surface area contributed by atoms with E-state index >= 15 is 0 Å². The van der Waals surface area contributed by atoms with E-state index in [1.54, 1.807) is 0 Å². The molecule has 0 aliphatic heterocycles. The van der Waals surface area contributed by atoms with Crippen molar-refractivity contribution in [1.82, 2.24) is 0 Å². The summed E-state index contributed by atoms with van der Waals surface area (Å²) < 4.78 is 5.84. The van der Waals surface area contributed by atoms with Crippen molar-refractivity contribution >= 4 is 44.1 Å². The number of para-hydroxylation sites is 1. The fraction of sp³-hybridized carbons (Fsp3) is 0.0492. The average molecular weight is 806 g/mol. The normalized spacial score (nSPS) is 12.7. The number of nitrogens with one attached hydrogen (secondary N) is 1. The van der Waals surface area contributed by atoms with Crippen LogP contribution in [0.25, 0.3) is 99.5 Å². The van der Waals surface area contributed by atoms with Crippen LogP contribution in [-0.4, -0.2) is 0 Å². The van der Waals surface area contributed by atoms with Crippen molar-refractivity contribution in [2.45, 2.75) is 19.3 Å². The minimum absolute atomic E-state index is 0.0769. The van der Waals surface area contributed by atoms with Gasteiger partial charge in [0.15, 0.2) is 0 Å². The Morgan fingerprint density at radius 1 is 0.317 bits per heavy atom. The Balaban J connectivity index is 0.000000184. The van der Waals surface area contributed by atoms with Crippen molar-refractivity contribution in [2.24, 2.45) is 0 Å². The summed E-state index contributed by atoms with van der Waals surface area (Å²) in [6, 6.07) is 78.4. The van der Waals surface area contributed by atoms with Crippen molar-refractivity contribution in [2.75, 3.05) is 5.32 Å². The number of hydrogen-bond donors (Lipinski definition) is 1. The molecular formula is C61H43NO. The summed E-state index contributed by atoms with van der Waals surface area (Å²) >= 11 is 0. The first-order valence-corrected chi connectivity index (χ1v) is 21.8. The highest BCUT2D eigenvalue weighted by Gasteiger charge is 2.36. The van der Waals surface area contributed by atoms with Crippen LogP contribution < -0.4 is 5.32 Å². The molecule has 0 atom stereocenters. The molecular weight excluding hydrogens is 763 g/mol. The van der Waals surface area contributed by atoms with E-state index in [-0.39, 0.29) is 5.41 Å². The quantitative estimate of drug-likeness (QED) is 0.187. The summed E-state index contributed by atoms with van der Waals surface area (Å²) in [5.74, 6) is 0. The molecule has 1 heterocycles. The van der Waals surface area contributed by atoms with E-state index in [1.807, 2.05) is 24.3 Å². The molecule has 0 unspecified atom stereocenters. The molecule has 63 heavy (non-hydrogen) atoms. The molecule has 13 rings (SSSR count). The lowest BCUT2D eigenvalue weighted by atomic mass is 9.81. The highest BCUT2D eigenvalue weighted by molar-refractivity contribution is 6.18. The van der Waals surface area contributed by atoms with Crippen LogP contribution in [0.3, 0.4) is 0 Å². The molecule has 0 spiro atoms. The first kappa shape index (κ1) is 36.9. The predicted octanol–water partition coefficient (Wildman–Crippen LogP) is 17.1. The zero-order valence-electron chi connectivity index (χ0n) is 35.2. The lowest BCUT2D eigenvalue weighted by Crippen LogP contribution is -2.15. The molecule has 2 aliphatic rings. The minimum atomic E-state index is -0.0769. The van der Waals surface area contributed by atoms with Gasteiger partial charge in [0.2, 0.25) is 0 Å². The zero-order chi connectivity index (χ0) is 42.1. The van der Waals surface area contributed by atoms with Crippen LogP contribution in [0.1, 0.15) is 25.0 Å². The lowest BCUT2D eigenvalue weighted by Gasteiger charge is -2.23. The van der Waals surface area contributed by atoms with Crippen LogP contribution in [0.2, 0.25) is 0 Å². The average Bonchev–Trinajstić information content (AvgIpc) is 3.95. The third-order valence-corrected chi connectivity index (χ3v) is 13.3. The van der Waals surface area contributed by atoms with E-state index in [0.29, 0.717) is 0 Å². The topological polar surface area (TPSA) is 25.2 Å². The van der Waals surface area contributed by atoms with Gasteiger partial charge < -0.3 is 9.73 Å².